The molecule has 0 bridgehead atoms. The van der Waals surface area contributed by atoms with Gasteiger partial charge in [0.05, 0.1) is 0 Å². The molecule has 0 fully saturated rings. The second kappa shape index (κ2) is 4.85. The zero-order valence-electron chi connectivity index (χ0n) is 8.42. The van der Waals surface area contributed by atoms with Gasteiger partial charge < -0.3 is 0 Å². The third kappa shape index (κ3) is 2.52. The summed E-state index contributed by atoms with van der Waals surface area (Å²) in [6.45, 7) is 0. The first-order valence-corrected chi connectivity index (χ1v) is 4.74. The first-order valence-electron chi connectivity index (χ1n) is 4.74. The molecule has 0 aliphatic rings. The summed E-state index contributed by atoms with van der Waals surface area (Å²) in [7, 11) is 0. The molecule has 0 N–H and O–H groups in total. The fourth-order valence-corrected chi connectivity index (χ4v) is 1.15. The Labute approximate surface area is 93.2 Å². The molecule has 0 saturated carbocycles. The minimum Gasteiger partial charge on any atom is -0.296 e. The van der Waals surface area contributed by atoms with E-state index in [2.05, 4.69) is 21.8 Å². The summed E-state index contributed by atoms with van der Waals surface area (Å²) in [5.74, 6) is 5.73. The van der Waals surface area contributed by atoms with E-state index in [-0.39, 0.29) is 0 Å². The van der Waals surface area contributed by atoms with Gasteiger partial charge in [-0.2, -0.15) is 0 Å². The quantitative estimate of drug-likeness (QED) is 0.529. The smallest absolute Gasteiger partial charge is 0.168 e. The number of carbonyl (C=O) groups is 1. The van der Waals surface area contributed by atoms with Crippen molar-refractivity contribution in [2.24, 2.45) is 0 Å². The molecule has 0 atom stereocenters. The average molecular weight is 208 g/mol. The zero-order valence-corrected chi connectivity index (χ0v) is 8.42. The van der Waals surface area contributed by atoms with E-state index in [9.17, 15) is 4.79 Å². The van der Waals surface area contributed by atoms with Crippen LogP contribution in [0.2, 0.25) is 0 Å². The van der Waals surface area contributed by atoms with E-state index in [1.807, 2.05) is 18.2 Å². The highest BCUT2D eigenvalue weighted by Gasteiger charge is 1.92. The predicted molar refractivity (Wildman–Crippen MR) is 59.8 cm³/mol. The van der Waals surface area contributed by atoms with Crippen molar-refractivity contribution in [3.8, 4) is 11.8 Å². The summed E-state index contributed by atoms with van der Waals surface area (Å²) in [5, 5.41) is 0. The highest BCUT2D eigenvalue weighted by Crippen LogP contribution is 1.96. The van der Waals surface area contributed by atoms with Gasteiger partial charge in [0, 0.05) is 6.20 Å². The molecule has 3 heteroatoms. The maximum Gasteiger partial charge on any atom is 0.168 e. The number of aldehydes is 1. The Balaban J connectivity index is 2.27. The van der Waals surface area contributed by atoms with Crippen molar-refractivity contribution in [1.29, 1.82) is 0 Å². The van der Waals surface area contributed by atoms with E-state index in [0.29, 0.717) is 23.4 Å². The highest BCUT2D eigenvalue weighted by atomic mass is 16.1. The van der Waals surface area contributed by atoms with Crippen LogP contribution in [0.4, 0.5) is 0 Å². The molecule has 2 heterocycles. The number of hydrogen-bond acceptors (Lipinski definition) is 3. The van der Waals surface area contributed by atoms with Crippen LogP contribution >= 0.6 is 0 Å². The molecule has 0 unspecified atom stereocenters. The van der Waals surface area contributed by atoms with Crippen LogP contribution in [0.25, 0.3) is 0 Å². The maximum absolute atomic E-state index is 10.5. The van der Waals surface area contributed by atoms with Crippen molar-refractivity contribution >= 4 is 6.29 Å². The van der Waals surface area contributed by atoms with Crippen molar-refractivity contribution in [3.05, 3.63) is 59.7 Å². The standard InChI is InChI=1S/C13H8N2O/c16-10-13-6-3-5-12(15-13)8-7-11-4-1-2-9-14-11/h1-6,9-10H. The first-order chi connectivity index (χ1) is 7.88. The monoisotopic (exact) mass is 208 g/mol. The fraction of sp³-hybridized carbons (Fsp3) is 0. The Morgan fingerprint density at radius 2 is 1.81 bits per heavy atom. The number of carbonyl (C=O) groups excluding carboxylic acids is 1. The molecular formula is C13H8N2O. The zero-order chi connectivity index (χ0) is 11.2. The Bertz CT molecular complexity index is 553. The molecule has 0 saturated heterocycles. The van der Waals surface area contributed by atoms with E-state index in [1.54, 1.807) is 24.4 Å². The summed E-state index contributed by atoms with van der Waals surface area (Å²) >= 11 is 0. The Morgan fingerprint density at radius 3 is 2.56 bits per heavy atom. The molecule has 76 valence electrons. The van der Waals surface area contributed by atoms with E-state index in [4.69, 9.17) is 0 Å². The van der Waals surface area contributed by atoms with Gasteiger partial charge in [0.25, 0.3) is 0 Å². The second-order valence-electron chi connectivity index (χ2n) is 3.03. The fourth-order valence-electron chi connectivity index (χ4n) is 1.15. The highest BCUT2D eigenvalue weighted by molar-refractivity contribution is 5.71. The van der Waals surface area contributed by atoms with Crippen LogP contribution in [0.1, 0.15) is 21.9 Å². The van der Waals surface area contributed by atoms with Crippen LogP contribution in [0.3, 0.4) is 0 Å². The first kappa shape index (κ1) is 10.1. The van der Waals surface area contributed by atoms with Gasteiger partial charge in [-0.25, -0.2) is 9.97 Å². The van der Waals surface area contributed by atoms with Gasteiger partial charge in [-0.05, 0) is 36.1 Å². The van der Waals surface area contributed by atoms with Gasteiger partial charge >= 0.3 is 0 Å². The van der Waals surface area contributed by atoms with E-state index < -0.39 is 0 Å². The maximum atomic E-state index is 10.5. The number of hydrogen-bond donors (Lipinski definition) is 0. The molecular weight excluding hydrogens is 200 g/mol. The lowest BCUT2D eigenvalue weighted by atomic mass is 10.3. The summed E-state index contributed by atoms with van der Waals surface area (Å²) in [6.07, 6.45) is 2.38. The lowest BCUT2D eigenvalue weighted by Gasteiger charge is -1.90. The lowest BCUT2D eigenvalue weighted by Crippen LogP contribution is -1.89. The largest absolute Gasteiger partial charge is 0.296 e. The van der Waals surface area contributed by atoms with Gasteiger partial charge in [-0.1, -0.05) is 12.1 Å². The minimum absolute atomic E-state index is 0.382. The van der Waals surface area contributed by atoms with Crippen molar-refractivity contribution in [3.63, 3.8) is 0 Å². The minimum atomic E-state index is 0.382. The molecule has 0 radical (unpaired) electrons. The van der Waals surface area contributed by atoms with Gasteiger partial charge in [0.15, 0.2) is 6.29 Å². The van der Waals surface area contributed by atoms with Crippen molar-refractivity contribution < 1.29 is 4.79 Å². The molecule has 16 heavy (non-hydrogen) atoms. The second-order valence-corrected chi connectivity index (χ2v) is 3.03. The van der Waals surface area contributed by atoms with Crippen LogP contribution in [0, 0.1) is 11.8 Å². The molecule has 0 aliphatic heterocycles. The topological polar surface area (TPSA) is 42.9 Å². The molecule has 2 aromatic heterocycles. The van der Waals surface area contributed by atoms with E-state index in [1.165, 1.54) is 0 Å². The Kier molecular flexibility index (Phi) is 3.05. The van der Waals surface area contributed by atoms with Gasteiger partial charge in [0.1, 0.15) is 17.1 Å². The van der Waals surface area contributed by atoms with Gasteiger partial charge in [0.2, 0.25) is 0 Å². The number of pyridine rings is 2. The van der Waals surface area contributed by atoms with Crippen LogP contribution in [0.15, 0.2) is 42.6 Å². The van der Waals surface area contributed by atoms with Crippen molar-refractivity contribution in [2.75, 3.05) is 0 Å². The van der Waals surface area contributed by atoms with Crippen molar-refractivity contribution in [1.82, 2.24) is 9.97 Å². The molecule has 0 aromatic carbocycles. The number of rotatable bonds is 1. The normalized spacial score (nSPS) is 9.00. The number of aromatic nitrogens is 2. The molecule has 2 aromatic rings. The molecule has 0 aliphatic carbocycles. The summed E-state index contributed by atoms with van der Waals surface area (Å²) < 4.78 is 0. The molecule has 3 nitrogen and oxygen atoms in total. The average Bonchev–Trinajstić information content (AvgIpc) is 2.38. The predicted octanol–water partition coefficient (Wildman–Crippen LogP) is 1.69. The van der Waals surface area contributed by atoms with Crippen LogP contribution in [0.5, 0.6) is 0 Å². The SMILES string of the molecule is O=Cc1cccc(C#Cc2ccccn2)n1. The summed E-state index contributed by atoms with van der Waals surface area (Å²) in [6, 6.07) is 10.7. The summed E-state index contributed by atoms with van der Waals surface area (Å²) in [5.41, 5.74) is 1.63. The van der Waals surface area contributed by atoms with Crippen LogP contribution < -0.4 is 0 Å². The lowest BCUT2D eigenvalue weighted by molar-refractivity contribution is 0.111. The third-order valence-corrected chi connectivity index (χ3v) is 1.87. The van der Waals surface area contributed by atoms with Crippen LogP contribution in [-0.2, 0) is 0 Å². The van der Waals surface area contributed by atoms with E-state index in [0.717, 1.165) is 0 Å². The van der Waals surface area contributed by atoms with E-state index >= 15 is 0 Å². The van der Waals surface area contributed by atoms with Crippen molar-refractivity contribution in [2.45, 2.75) is 0 Å². The molecule has 0 spiro atoms. The third-order valence-electron chi connectivity index (χ3n) is 1.87. The Hall–Kier alpha value is -2.47. The van der Waals surface area contributed by atoms with Gasteiger partial charge in [-0.3, -0.25) is 4.79 Å². The van der Waals surface area contributed by atoms with Crippen LogP contribution in [-0.4, -0.2) is 16.3 Å². The molecule has 0 amide bonds. The summed E-state index contributed by atoms with van der Waals surface area (Å²) in [4.78, 5) is 18.6. The Morgan fingerprint density at radius 1 is 1.00 bits per heavy atom. The molecule has 2 rings (SSSR count). The number of nitrogens with zero attached hydrogens (tertiary/aromatic N) is 2. The van der Waals surface area contributed by atoms with Gasteiger partial charge in [-0.15, -0.1) is 0 Å².